The molecule has 2 aromatic carbocycles. The van der Waals surface area contributed by atoms with Crippen molar-refractivity contribution in [2.45, 2.75) is 48.4 Å². The van der Waals surface area contributed by atoms with Gasteiger partial charge in [-0.05, 0) is 47.6 Å². The van der Waals surface area contributed by atoms with Gasteiger partial charge in [0.25, 0.3) is 20.2 Å². The molecule has 0 aromatic heterocycles. The molecule has 0 radical (unpaired) electrons. The zero-order valence-electron chi connectivity index (χ0n) is 22.4. The van der Waals surface area contributed by atoms with Gasteiger partial charge in [-0.2, -0.15) is 16.8 Å². The Morgan fingerprint density at radius 2 is 1.50 bits per heavy atom. The van der Waals surface area contributed by atoms with Crippen LogP contribution in [0.4, 0.5) is 0 Å². The number of aliphatic hydroxyl groups is 1. The number of piperazine rings is 1. The molecule has 4 rings (SSSR count). The number of hydrogen-bond acceptors (Lipinski definition) is 8. The number of fused-ring (bicyclic) bond motifs is 2. The first kappa shape index (κ1) is 32.7. The van der Waals surface area contributed by atoms with E-state index in [0.717, 1.165) is 45.6 Å². The van der Waals surface area contributed by atoms with E-state index in [4.69, 9.17) is 14.2 Å². The minimum Gasteiger partial charge on any atom is -0.396 e. The van der Waals surface area contributed by atoms with Crippen molar-refractivity contribution in [3.8, 4) is 0 Å². The molecule has 2 aromatic rings. The summed E-state index contributed by atoms with van der Waals surface area (Å²) >= 11 is 1.94. The molecule has 9 nitrogen and oxygen atoms in total. The molecule has 1 atom stereocenters. The Hall–Kier alpha value is -1.51. The Morgan fingerprint density at radius 1 is 0.921 bits per heavy atom. The zero-order valence-corrected chi connectivity index (χ0v) is 24.9. The van der Waals surface area contributed by atoms with Crippen LogP contribution >= 0.6 is 11.8 Å². The highest BCUT2D eigenvalue weighted by Gasteiger charge is 2.30. The van der Waals surface area contributed by atoms with Crippen molar-refractivity contribution in [3.63, 3.8) is 0 Å². The second kappa shape index (κ2) is 14.8. The molecule has 1 unspecified atom stereocenters. The SMILES string of the molecule is CC(C)c1ccc2c(c1)C(N1CCN(CCCO)CC1)Cc1ccccc1S2.CS(=O)(=O)O.CS(=O)(=O)O. The van der Waals surface area contributed by atoms with Crippen molar-refractivity contribution >= 4 is 32.0 Å². The van der Waals surface area contributed by atoms with E-state index in [1.165, 1.54) is 26.5 Å². The smallest absolute Gasteiger partial charge is 0.261 e. The lowest BCUT2D eigenvalue weighted by Gasteiger charge is -2.39. The van der Waals surface area contributed by atoms with E-state index in [1.54, 1.807) is 0 Å². The van der Waals surface area contributed by atoms with Gasteiger partial charge in [0.05, 0.1) is 12.5 Å². The lowest BCUT2D eigenvalue weighted by molar-refractivity contribution is 0.0899. The highest BCUT2D eigenvalue weighted by Crippen LogP contribution is 2.43. The summed E-state index contributed by atoms with van der Waals surface area (Å²) in [5.74, 6) is 0.553. The summed E-state index contributed by atoms with van der Waals surface area (Å²) in [7, 11) is -7.33. The Morgan fingerprint density at radius 3 is 2.05 bits per heavy atom. The van der Waals surface area contributed by atoms with Gasteiger partial charge in [-0.25, -0.2) is 0 Å². The van der Waals surface area contributed by atoms with E-state index in [2.05, 4.69) is 66.1 Å². The molecule has 2 aliphatic rings. The van der Waals surface area contributed by atoms with Crippen LogP contribution in [-0.2, 0) is 26.7 Å². The highest BCUT2D eigenvalue weighted by molar-refractivity contribution is 7.99. The van der Waals surface area contributed by atoms with Gasteiger partial charge in [0, 0.05) is 55.2 Å². The number of benzene rings is 2. The van der Waals surface area contributed by atoms with Crippen molar-refractivity contribution in [2.75, 3.05) is 51.8 Å². The molecule has 2 aliphatic heterocycles. The van der Waals surface area contributed by atoms with Gasteiger partial charge >= 0.3 is 0 Å². The topological polar surface area (TPSA) is 135 Å². The lowest BCUT2D eigenvalue weighted by Crippen LogP contribution is -2.48. The first-order valence-corrected chi connectivity index (χ1v) is 17.0. The second-order valence-electron chi connectivity index (χ2n) is 9.80. The number of aliphatic hydroxyl groups excluding tert-OH is 1. The summed E-state index contributed by atoms with van der Waals surface area (Å²) in [4.78, 5) is 8.02. The van der Waals surface area contributed by atoms with Gasteiger partial charge in [-0.1, -0.05) is 55.9 Å². The average Bonchev–Trinajstić information content (AvgIpc) is 2.97. The minimum absolute atomic E-state index is 0.294. The minimum atomic E-state index is -3.67. The quantitative estimate of drug-likeness (QED) is 0.445. The molecule has 0 spiro atoms. The van der Waals surface area contributed by atoms with Crippen molar-refractivity contribution in [2.24, 2.45) is 0 Å². The van der Waals surface area contributed by atoms with Gasteiger partial charge in [0.1, 0.15) is 0 Å². The van der Waals surface area contributed by atoms with E-state index in [-0.39, 0.29) is 0 Å². The lowest BCUT2D eigenvalue weighted by atomic mass is 9.93. The van der Waals surface area contributed by atoms with Gasteiger partial charge in [0.15, 0.2) is 0 Å². The van der Waals surface area contributed by atoms with Gasteiger partial charge < -0.3 is 10.0 Å². The first-order valence-electron chi connectivity index (χ1n) is 12.5. The molecule has 12 heteroatoms. The molecular formula is C26H40N2O7S3. The molecule has 1 fully saturated rings. The second-order valence-corrected chi connectivity index (χ2v) is 13.8. The number of hydrogen-bond donors (Lipinski definition) is 3. The number of rotatable bonds is 5. The van der Waals surface area contributed by atoms with Gasteiger partial charge in [-0.3, -0.25) is 14.0 Å². The Labute approximate surface area is 231 Å². The monoisotopic (exact) mass is 588 g/mol. The fourth-order valence-electron chi connectivity index (χ4n) is 4.41. The largest absolute Gasteiger partial charge is 0.396 e. The summed E-state index contributed by atoms with van der Waals surface area (Å²) in [6.07, 6.45) is 3.41. The van der Waals surface area contributed by atoms with E-state index in [9.17, 15) is 16.8 Å². The summed E-state index contributed by atoms with van der Waals surface area (Å²) in [6, 6.07) is 16.5. The predicted molar refractivity (Wildman–Crippen MR) is 152 cm³/mol. The molecule has 0 amide bonds. The van der Waals surface area contributed by atoms with Crippen LogP contribution in [0.1, 0.15) is 48.9 Å². The Kier molecular flexibility index (Phi) is 12.7. The van der Waals surface area contributed by atoms with Crippen molar-refractivity contribution < 1.29 is 31.0 Å². The summed E-state index contributed by atoms with van der Waals surface area (Å²) in [6.45, 7) is 10.3. The molecule has 2 heterocycles. The molecule has 0 aliphatic carbocycles. The molecule has 0 bridgehead atoms. The maximum absolute atomic E-state index is 9.19. The maximum Gasteiger partial charge on any atom is 0.261 e. The predicted octanol–water partition coefficient (Wildman–Crippen LogP) is 3.57. The molecule has 3 N–H and O–H groups in total. The van der Waals surface area contributed by atoms with E-state index >= 15 is 0 Å². The van der Waals surface area contributed by atoms with Crippen molar-refractivity contribution in [1.82, 2.24) is 9.80 Å². The molecular weight excluding hydrogens is 548 g/mol. The van der Waals surface area contributed by atoms with Crippen LogP contribution in [0.2, 0.25) is 0 Å². The third kappa shape index (κ3) is 12.1. The van der Waals surface area contributed by atoms with E-state index in [0.29, 0.717) is 31.1 Å². The van der Waals surface area contributed by atoms with Crippen LogP contribution in [-0.4, -0.2) is 92.7 Å². The third-order valence-electron chi connectivity index (χ3n) is 6.15. The molecule has 38 heavy (non-hydrogen) atoms. The van der Waals surface area contributed by atoms with E-state index < -0.39 is 20.2 Å². The van der Waals surface area contributed by atoms with Gasteiger partial charge in [0.2, 0.25) is 0 Å². The van der Waals surface area contributed by atoms with Gasteiger partial charge in [-0.15, -0.1) is 0 Å². The van der Waals surface area contributed by atoms with Crippen LogP contribution in [0.3, 0.4) is 0 Å². The normalized spacial score (nSPS) is 18.3. The molecule has 214 valence electrons. The van der Waals surface area contributed by atoms with Crippen LogP contribution in [0.5, 0.6) is 0 Å². The molecule has 1 saturated heterocycles. The summed E-state index contributed by atoms with van der Waals surface area (Å²) < 4.78 is 51.7. The number of nitrogens with zero attached hydrogens (tertiary/aromatic N) is 2. The van der Waals surface area contributed by atoms with Crippen molar-refractivity contribution in [1.29, 1.82) is 0 Å². The third-order valence-corrected chi connectivity index (χ3v) is 7.36. The highest BCUT2D eigenvalue weighted by atomic mass is 32.2. The van der Waals surface area contributed by atoms with E-state index in [1.807, 2.05) is 11.8 Å². The Balaban J connectivity index is 0.000000435. The van der Waals surface area contributed by atoms with Crippen LogP contribution in [0.15, 0.2) is 52.3 Å². The Bertz CT molecular complexity index is 1200. The van der Waals surface area contributed by atoms with Crippen LogP contribution in [0, 0.1) is 0 Å². The average molecular weight is 589 g/mol. The summed E-state index contributed by atoms with van der Waals surface area (Å²) in [5, 5.41) is 9.12. The standard InChI is InChI=1S/C24H32N2OS.2CH4O3S/c1-18(2)19-8-9-24-21(16-19)22(17-20-6-3-4-7-23(20)28-24)26-13-11-25(12-14-26)10-5-15-27;2*1-5(2,3)4/h3-4,6-9,16,18,22,27H,5,10-15,17H2,1-2H3;2*1H3,(H,2,3,4). The first-order chi connectivity index (χ1) is 17.7. The molecule has 0 saturated carbocycles. The van der Waals surface area contributed by atoms with Crippen LogP contribution in [0.25, 0.3) is 0 Å². The zero-order chi connectivity index (χ0) is 28.5. The van der Waals surface area contributed by atoms with Crippen molar-refractivity contribution in [3.05, 3.63) is 59.2 Å². The van der Waals surface area contributed by atoms with Crippen LogP contribution < -0.4 is 0 Å². The summed E-state index contributed by atoms with van der Waals surface area (Å²) in [5.41, 5.74) is 4.43. The fraction of sp³-hybridized carbons (Fsp3) is 0.538. The fourth-order valence-corrected chi connectivity index (χ4v) is 5.52. The maximum atomic E-state index is 9.19.